The maximum Gasteiger partial charge on any atom is 0.0677 e. The molecule has 0 spiro atoms. The monoisotopic (exact) mass is 350 g/mol. The Balaban J connectivity index is 0.00000182. The number of aromatic amines is 1. The molecule has 0 saturated carbocycles. The highest BCUT2D eigenvalue weighted by Crippen LogP contribution is 2.25. The van der Waals surface area contributed by atoms with Gasteiger partial charge in [0.15, 0.2) is 0 Å². The van der Waals surface area contributed by atoms with Crippen molar-refractivity contribution >= 4 is 34.1 Å². The molecule has 2 nitrogen and oxygen atoms in total. The quantitative estimate of drug-likeness (QED) is 0.485. The molecule has 0 amide bonds. The van der Waals surface area contributed by atoms with E-state index in [9.17, 15) is 0 Å². The highest BCUT2D eigenvalue weighted by Gasteiger charge is 2.09. The van der Waals surface area contributed by atoms with E-state index in [4.69, 9.17) is 0 Å². The van der Waals surface area contributed by atoms with E-state index < -0.39 is 0 Å². The van der Waals surface area contributed by atoms with Crippen molar-refractivity contribution in [1.29, 1.82) is 0 Å². The maximum atomic E-state index is 4.62. The molecule has 0 unspecified atom stereocenters. The van der Waals surface area contributed by atoms with E-state index in [2.05, 4.69) is 72.3 Å². The molecule has 4 rings (SSSR count). The number of halogens is 1. The molecule has 25 heavy (non-hydrogen) atoms. The van der Waals surface area contributed by atoms with Crippen molar-refractivity contribution in [3.63, 3.8) is 0 Å². The Bertz CT molecular complexity index is 1010. The van der Waals surface area contributed by atoms with E-state index in [0.29, 0.717) is 0 Å². The fourth-order valence-corrected chi connectivity index (χ4v) is 3.59. The highest BCUT2D eigenvalue weighted by atomic mass is 35.5. The Morgan fingerprint density at radius 1 is 0.880 bits per heavy atom. The standard InChI is InChI=1S/C22H22N2.ClH/c1-15-16(2)24-22-19(15)13-14-23-21(22)12-6-10-18-9-5-8-17-7-3-4-11-20(17)18;/h3-5,7-9,11,13-14,24H,6,10,12H2,1-2H3;1H. The number of H-pyrrole nitrogens is 1. The molecule has 128 valence electrons. The average molecular weight is 351 g/mol. The number of rotatable bonds is 4. The minimum Gasteiger partial charge on any atom is -0.357 e. The molecule has 0 aliphatic carbocycles. The first-order valence-electron chi connectivity index (χ1n) is 8.63. The van der Waals surface area contributed by atoms with Gasteiger partial charge in [0.05, 0.1) is 11.2 Å². The van der Waals surface area contributed by atoms with E-state index in [1.807, 2.05) is 6.20 Å². The summed E-state index contributed by atoms with van der Waals surface area (Å²) in [5.74, 6) is 0. The van der Waals surface area contributed by atoms with Gasteiger partial charge in [0.25, 0.3) is 0 Å². The summed E-state index contributed by atoms with van der Waals surface area (Å²) in [7, 11) is 0. The van der Waals surface area contributed by atoms with Gasteiger partial charge in [-0.1, -0.05) is 42.5 Å². The van der Waals surface area contributed by atoms with Crippen molar-refractivity contribution in [2.75, 3.05) is 0 Å². The lowest BCUT2D eigenvalue weighted by molar-refractivity contribution is 0.807. The summed E-state index contributed by atoms with van der Waals surface area (Å²) in [6, 6.07) is 17.3. The second-order valence-corrected chi connectivity index (χ2v) is 6.55. The third-order valence-electron chi connectivity index (χ3n) is 5.05. The van der Waals surface area contributed by atoms with Crippen molar-refractivity contribution in [1.82, 2.24) is 9.97 Å². The summed E-state index contributed by atoms with van der Waals surface area (Å²) in [5, 5.41) is 4.01. The lowest BCUT2D eigenvalue weighted by atomic mass is 9.99. The van der Waals surface area contributed by atoms with Gasteiger partial charge < -0.3 is 4.98 Å². The number of nitrogens with one attached hydrogen (secondary N) is 1. The predicted molar refractivity (Wildman–Crippen MR) is 109 cm³/mol. The maximum absolute atomic E-state index is 4.62. The fourth-order valence-electron chi connectivity index (χ4n) is 3.59. The minimum absolute atomic E-state index is 0. The van der Waals surface area contributed by atoms with Gasteiger partial charge in [-0.15, -0.1) is 12.4 Å². The molecule has 0 aliphatic rings. The predicted octanol–water partition coefficient (Wildman–Crippen LogP) is 5.93. The van der Waals surface area contributed by atoms with Crippen molar-refractivity contribution in [2.24, 2.45) is 0 Å². The van der Waals surface area contributed by atoms with Crippen LogP contribution in [-0.4, -0.2) is 9.97 Å². The lowest BCUT2D eigenvalue weighted by Gasteiger charge is -2.07. The molecule has 4 aromatic rings. The molecule has 2 aromatic heterocycles. The Hall–Kier alpha value is -2.32. The van der Waals surface area contributed by atoms with E-state index >= 15 is 0 Å². The van der Waals surface area contributed by atoms with Crippen molar-refractivity contribution < 1.29 is 0 Å². The second-order valence-electron chi connectivity index (χ2n) is 6.55. The topological polar surface area (TPSA) is 28.7 Å². The van der Waals surface area contributed by atoms with Crippen LogP contribution in [0.2, 0.25) is 0 Å². The molecule has 0 bridgehead atoms. The van der Waals surface area contributed by atoms with Crippen molar-refractivity contribution in [3.8, 4) is 0 Å². The van der Waals surface area contributed by atoms with Crippen LogP contribution in [0.4, 0.5) is 0 Å². The summed E-state index contributed by atoms with van der Waals surface area (Å²) in [6.07, 6.45) is 5.13. The van der Waals surface area contributed by atoms with Gasteiger partial charge in [-0.3, -0.25) is 4.98 Å². The fraction of sp³-hybridized carbons (Fsp3) is 0.227. The number of pyridine rings is 1. The summed E-state index contributed by atoms with van der Waals surface area (Å²) < 4.78 is 0. The Kier molecular flexibility index (Phi) is 5.10. The smallest absolute Gasteiger partial charge is 0.0677 e. The SMILES string of the molecule is Cc1[nH]c2c(CCCc3cccc4ccccc34)nccc2c1C.Cl. The number of hydrogen-bond donors (Lipinski definition) is 1. The van der Waals surface area contributed by atoms with Gasteiger partial charge in [0.2, 0.25) is 0 Å². The molecular formula is C22H23ClN2. The first-order valence-corrected chi connectivity index (χ1v) is 8.63. The molecule has 0 radical (unpaired) electrons. The zero-order valence-corrected chi connectivity index (χ0v) is 15.5. The van der Waals surface area contributed by atoms with Crippen molar-refractivity contribution in [3.05, 3.63) is 77.2 Å². The van der Waals surface area contributed by atoms with E-state index in [1.54, 1.807) is 0 Å². The van der Waals surface area contributed by atoms with Gasteiger partial charge >= 0.3 is 0 Å². The molecule has 2 heterocycles. The van der Waals surface area contributed by atoms with E-state index in [-0.39, 0.29) is 12.4 Å². The average Bonchev–Trinajstić information content (AvgIpc) is 2.91. The first kappa shape index (κ1) is 17.5. The summed E-state index contributed by atoms with van der Waals surface area (Å²) in [4.78, 5) is 8.13. The Labute approximate surface area is 154 Å². The molecular weight excluding hydrogens is 328 g/mol. The van der Waals surface area contributed by atoms with Crippen LogP contribution in [0.15, 0.2) is 54.7 Å². The molecule has 3 heteroatoms. The summed E-state index contributed by atoms with van der Waals surface area (Å²) in [5.41, 5.74) is 6.41. The van der Waals surface area contributed by atoms with Crippen molar-refractivity contribution in [2.45, 2.75) is 33.1 Å². The molecule has 0 aliphatic heterocycles. The summed E-state index contributed by atoms with van der Waals surface area (Å²) >= 11 is 0. The normalized spacial score (nSPS) is 11.0. The van der Waals surface area contributed by atoms with Gasteiger partial charge in [-0.05, 0) is 61.1 Å². The van der Waals surface area contributed by atoms with E-state index in [1.165, 1.54) is 44.2 Å². The largest absolute Gasteiger partial charge is 0.357 e. The minimum atomic E-state index is 0. The van der Waals surface area contributed by atoms with Crippen LogP contribution in [0.25, 0.3) is 21.7 Å². The number of hydrogen-bond acceptors (Lipinski definition) is 1. The van der Waals surface area contributed by atoms with Gasteiger partial charge in [-0.25, -0.2) is 0 Å². The number of aryl methyl sites for hydroxylation is 4. The van der Waals surface area contributed by atoms with Crippen LogP contribution in [0.5, 0.6) is 0 Å². The zero-order chi connectivity index (χ0) is 16.5. The molecule has 1 N–H and O–H groups in total. The van der Waals surface area contributed by atoms with Crippen LogP contribution >= 0.6 is 12.4 Å². The second kappa shape index (κ2) is 7.28. The number of benzene rings is 2. The number of nitrogens with zero attached hydrogens (tertiary/aromatic N) is 1. The van der Waals surface area contributed by atoms with Crippen LogP contribution in [0.3, 0.4) is 0 Å². The molecule has 0 saturated heterocycles. The van der Waals surface area contributed by atoms with Gasteiger partial charge in [0, 0.05) is 17.3 Å². The van der Waals surface area contributed by atoms with Crippen LogP contribution in [0.1, 0.15) is 28.9 Å². The first-order chi connectivity index (χ1) is 11.7. The Morgan fingerprint density at radius 3 is 2.56 bits per heavy atom. The van der Waals surface area contributed by atoms with Gasteiger partial charge in [0.1, 0.15) is 0 Å². The molecule has 0 atom stereocenters. The third kappa shape index (κ3) is 3.27. The molecule has 2 aromatic carbocycles. The van der Waals surface area contributed by atoms with Gasteiger partial charge in [-0.2, -0.15) is 0 Å². The Morgan fingerprint density at radius 2 is 1.68 bits per heavy atom. The lowest BCUT2D eigenvalue weighted by Crippen LogP contribution is -1.95. The summed E-state index contributed by atoms with van der Waals surface area (Å²) in [6.45, 7) is 4.31. The third-order valence-corrected chi connectivity index (χ3v) is 5.05. The zero-order valence-electron chi connectivity index (χ0n) is 14.7. The molecule has 0 fully saturated rings. The van der Waals surface area contributed by atoms with E-state index in [0.717, 1.165) is 19.3 Å². The van der Waals surface area contributed by atoms with Crippen LogP contribution in [-0.2, 0) is 12.8 Å². The van der Waals surface area contributed by atoms with Crippen LogP contribution < -0.4 is 0 Å². The van der Waals surface area contributed by atoms with Crippen LogP contribution in [0, 0.1) is 13.8 Å². The number of aromatic nitrogens is 2. The highest BCUT2D eigenvalue weighted by molar-refractivity contribution is 5.86. The number of fused-ring (bicyclic) bond motifs is 2.